The van der Waals surface area contributed by atoms with Gasteiger partial charge >= 0.3 is 0 Å². The van der Waals surface area contributed by atoms with E-state index in [-0.39, 0.29) is 6.04 Å². The van der Waals surface area contributed by atoms with Crippen LogP contribution in [0.5, 0.6) is 0 Å². The van der Waals surface area contributed by atoms with Gasteiger partial charge in [0.1, 0.15) is 5.82 Å². The fourth-order valence-corrected chi connectivity index (χ4v) is 2.78. The van der Waals surface area contributed by atoms with E-state index in [1.165, 1.54) is 5.56 Å². The quantitative estimate of drug-likeness (QED) is 0.896. The number of halogens is 1. The van der Waals surface area contributed by atoms with Crippen LogP contribution in [0.25, 0.3) is 0 Å². The van der Waals surface area contributed by atoms with Gasteiger partial charge in [-0.1, -0.05) is 28.1 Å². The second-order valence-corrected chi connectivity index (χ2v) is 5.28. The van der Waals surface area contributed by atoms with Crippen molar-refractivity contribution in [1.29, 1.82) is 0 Å². The fraction of sp³-hybridized carbons (Fsp3) is 0.214. The average Bonchev–Trinajstić information content (AvgIpc) is 2.28. The molecule has 0 fully saturated rings. The maximum atomic E-state index is 6.32. The van der Waals surface area contributed by atoms with Gasteiger partial charge in [0, 0.05) is 16.2 Å². The lowest BCUT2D eigenvalue weighted by Gasteiger charge is -2.18. The Balaban J connectivity index is 2.51. The van der Waals surface area contributed by atoms with Crippen LogP contribution in [0.4, 0.5) is 5.82 Å². The van der Waals surface area contributed by atoms with E-state index in [0.717, 1.165) is 21.2 Å². The molecule has 0 spiro atoms. The summed E-state index contributed by atoms with van der Waals surface area (Å²) in [4.78, 5) is 4.12. The highest BCUT2D eigenvalue weighted by Crippen LogP contribution is 2.31. The summed E-state index contributed by atoms with van der Waals surface area (Å²) < 4.78 is 0.998. The smallest absolute Gasteiger partial charge is 0.128 e. The second kappa shape index (κ2) is 5.08. The monoisotopic (exact) mass is 305 g/mol. The molecule has 0 bridgehead atoms. The maximum absolute atomic E-state index is 6.32. The summed E-state index contributed by atoms with van der Waals surface area (Å²) in [5.74, 6) is 0.495. The molecule has 0 aliphatic heterocycles. The lowest BCUT2D eigenvalue weighted by molar-refractivity contribution is 0.851. The standard InChI is InChI=1S/C14H16BrN3/c1-8-3-4-10(11(15)7-8)13(16)12-9(2)5-6-18-14(12)17/h3-7,13H,16H2,1-2H3,(H2,17,18). The van der Waals surface area contributed by atoms with E-state index in [9.17, 15) is 0 Å². The highest BCUT2D eigenvalue weighted by atomic mass is 79.9. The first-order chi connectivity index (χ1) is 8.50. The van der Waals surface area contributed by atoms with Gasteiger partial charge in [0.05, 0.1) is 6.04 Å². The summed E-state index contributed by atoms with van der Waals surface area (Å²) >= 11 is 3.55. The zero-order valence-corrected chi connectivity index (χ0v) is 12.0. The Hall–Kier alpha value is -1.39. The predicted octanol–water partition coefficient (Wildman–Crippen LogP) is 3.09. The van der Waals surface area contributed by atoms with Crippen molar-refractivity contribution in [2.45, 2.75) is 19.9 Å². The van der Waals surface area contributed by atoms with E-state index in [2.05, 4.69) is 27.0 Å². The first-order valence-electron chi connectivity index (χ1n) is 5.73. The first kappa shape index (κ1) is 13.1. The molecule has 0 radical (unpaired) electrons. The maximum Gasteiger partial charge on any atom is 0.128 e. The van der Waals surface area contributed by atoms with Gasteiger partial charge < -0.3 is 11.5 Å². The highest BCUT2D eigenvalue weighted by Gasteiger charge is 2.17. The Morgan fingerprint density at radius 1 is 1.22 bits per heavy atom. The minimum atomic E-state index is -0.270. The van der Waals surface area contributed by atoms with E-state index in [0.29, 0.717) is 5.82 Å². The number of nitrogens with zero attached hydrogens (tertiary/aromatic N) is 1. The molecule has 0 saturated heterocycles. The molecule has 94 valence electrons. The number of nitrogen functional groups attached to an aromatic ring is 1. The van der Waals surface area contributed by atoms with Gasteiger partial charge in [0.25, 0.3) is 0 Å². The van der Waals surface area contributed by atoms with Crippen LogP contribution < -0.4 is 11.5 Å². The van der Waals surface area contributed by atoms with Crippen LogP contribution in [0.3, 0.4) is 0 Å². The van der Waals surface area contributed by atoms with Crippen molar-refractivity contribution in [1.82, 2.24) is 4.98 Å². The summed E-state index contributed by atoms with van der Waals surface area (Å²) in [5.41, 5.74) is 16.4. The molecule has 1 unspecified atom stereocenters. The lowest BCUT2D eigenvalue weighted by Crippen LogP contribution is -2.16. The highest BCUT2D eigenvalue weighted by molar-refractivity contribution is 9.10. The molecule has 2 aromatic rings. The van der Waals surface area contributed by atoms with Crippen molar-refractivity contribution in [3.8, 4) is 0 Å². The third-order valence-electron chi connectivity index (χ3n) is 3.04. The van der Waals surface area contributed by atoms with Crippen LogP contribution in [0.15, 0.2) is 34.9 Å². The summed E-state index contributed by atoms with van der Waals surface area (Å²) in [7, 11) is 0. The zero-order chi connectivity index (χ0) is 13.3. The number of rotatable bonds is 2. The molecular weight excluding hydrogens is 290 g/mol. The average molecular weight is 306 g/mol. The summed E-state index contributed by atoms with van der Waals surface area (Å²) in [6.07, 6.45) is 1.70. The number of anilines is 1. The van der Waals surface area contributed by atoms with Crippen molar-refractivity contribution in [2.75, 3.05) is 5.73 Å². The van der Waals surface area contributed by atoms with Gasteiger partial charge in [-0.15, -0.1) is 0 Å². The number of pyridine rings is 1. The fourth-order valence-electron chi connectivity index (χ4n) is 2.04. The normalized spacial score (nSPS) is 12.4. The molecule has 4 heteroatoms. The van der Waals surface area contributed by atoms with Crippen molar-refractivity contribution in [2.24, 2.45) is 5.73 Å². The van der Waals surface area contributed by atoms with Crippen molar-refractivity contribution in [3.05, 3.63) is 57.2 Å². The number of benzene rings is 1. The minimum absolute atomic E-state index is 0.270. The SMILES string of the molecule is Cc1ccc(C(N)c2c(C)ccnc2N)c(Br)c1. The van der Waals surface area contributed by atoms with Gasteiger partial charge in [-0.2, -0.15) is 0 Å². The van der Waals surface area contributed by atoms with Crippen LogP contribution >= 0.6 is 15.9 Å². The molecule has 4 N–H and O–H groups in total. The molecule has 0 saturated carbocycles. The number of hydrogen-bond donors (Lipinski definition) is 2. The molecule has 1 aromatic heterocycles. The molecular formula is C14H16BrN3. The Morgan fingerprint density at radius 3 is 2.56 bits per heavy atom. The molecule has 1 atom stereocenters. The Bertz CT molecular complexity index is 561. The topological polar surface area (TPSA) is 64.9 Å². The van der Waals surface area contributed by atoms with E-state index in [1.807, 2.05) is 32.0 Å². The molecule has 1 heterocycles. The third kappa shape index (κ3) is 2.40. The predicted molar refractivity (Wildman–Crippen MR) is 78.3 cm³/mol. The van der Waals surface area contributed by atoms with E-state index in [1.54, 1.807) is 6.20 Å². The molecule has 0 aliphatic carbocycles. The van der Waals surface area contributed by atoms with Gasteiger partial charge in [-0.3, -0.25) is 0 Å². The van der Waals surface area contributed by atoms with Crippen molar-refractivity contribution in [3.63, 3.8) is 0 Å². The van der Waals surface area contributed by atoms with Crippen molar-refractivity contribution < 1.29 is 0 Å². The van der Waals surface area contributed by atoms with Gasteiger partial charge in [0.15, 0.2) is 0 Å². The van der Waals surface area contributed by atoms with Crippen LogP contribution in [-0.4, -0.2) is 4.98 Å². The molecule has 3 nitrogen and oxygen atoms in total. The largest absolute Gasteiger partial charge is 0.383 e. The molecule has 0 aliphatic rings. The number of aromatic nitrogens is 1. The minimum Gasteiger partial charge on any atom is -0.383 e. The van der Waals surface area contributed by atoms with Crippen molar-refractivity contribution >= 4 is 21.7 Å². The number of nitrogens with two attached hydrogens (primary N) is 2. The molecule has 1 aromatic carbocycles. The summed E-state index contributed by atoms with van der Waals surface area (Å²) in [6.45, 7) is 4.04. The van der Waals surface area contributed by atoms with Crippen LogP contribution in [0, 0.1) is 13.8 Å². The van der Waals surface area contributed by atoms with Gasteiger partial charge in [-0.05, 0) is 42.7 Å². The molecule has 0 amide bonds. The van der Waals surface area contributed by atoms with E-state index in [4.69, 9.17) is 11.5 Å². The van der Waals surface area contributed by atoms with E-state index < -0.39 is 0 Å². The Labute approximate surface area is 115 Å². The number of aryl methyl sites for hydroxylation is 2. The van der Waals surface area contributed by atoms with E-state index >= 15 is 0 Å². The van der Waals surface area contributed by atoms with Gasteiger partial charge in [-0.25, -0.2) is 4.98 Å². The second-order valence-electron chi connectivity index (χ2n) is 4.43. The molecule has 18 heavy (non-hydrogen) atoms. The first-order valence-corrected chi connectivity index (χ1v) is 6.52. The third-order valence-corrected chi connectivity index (χ3v) is 3.73. The van der Waals surface area contributed by atoms with Gasteiger partial charge in [0.2, 0.25) is 0 Å². The lowest BCUT2D eigenvalue weighted by atomic mass is 9.96. The zero-order valence-electron chi connectivity index (χ0n) is 10.4. The molecule has 2 rings (SSSR count). The number of hydrogen-bond acceptors (Lipinski definition) is 3. The summed E-state index contributed by atoms with van der Waals surface area (Å²) in [5, 5.41) is 0. The van der Waals surface area contributed by atoms with Crippen LogP contribution in [0.2, 0.25) is 0 Å². The Morgan fingerprint density at radius 2 is 1.94 bits per heavy atom. The summed E-state index contributed by atoms with van der Waals surface area (Å²) in [6, 6.07) is 7.77. The van der Waals surface area contributed by atoms with Crippen LogP contribution in [0.1, 0.15) is 28.3 Å². The Kier molecular flexibility index (Phi) is 3.68. The van der Waals surface area contributed by atoms with Crippen LogP contribution in [-0.2, 0) is 0 Å².